The average Bonchev–Trinajstić information content (AvgIpc) is 3.04. The van der Waals surface area contributed by atoms with E-state index in [4.69, 9.17) is 0 Å². The number of hydrogen-bond donors (Lipinski definition) is 1. The van der Waals surface area contributed by atoms with Crippen LogP contribution in [0.5, 0.6) is 0 Å². The summed E-state index contributed by atoms with van der Waals surface area (Å²) in [7, 11) is 5.70. The molecular formula is C19H30N4O2S. The lowest BCUT2D eigenvalue weighted by Gasteiger charge is -2.36. The van der Waals surface area contributed by atoms with Gasteiger partial charge in [0.25, 0.3) is 5.91 Å². The molecule has 144 valence electrons. The molecular weight excluding hydrogens is 348 g/mol. The van der Waals surface area contributed by atoms with Crippen LogP contribution in [-0.4, -0.2) is 60.3 Å². The summed E-state index contributed by atoms with van der Waals surface area (Å²) in [5.41, 5.74) is 1.08. The lowest BCUT2D eigenvalue weighted by atomic mass is 9.76. The Morgan fingerprint density at radius 3 is 2.81 bits per heavy atom. The van der Waals surface area contributed by atoms with E-state index in [9.17, 15) is 9.59 Å². The highest BCUT2D eigenvalue weighted by Gasteiger charge is 2.35. The zero-order chi connectivity index (χ0) is 18.8. The third-order valence-electron chi connectivity index (χ3n) is 5.74. The van der Waals surface area contributed by atoms with Crippen molar-refractivity contribution < 1.29 is 9.59 Å². The molecule has 2 aliphatic rings. The van der Waals surface area contributed by atoms with Crippen LogP contribution in [-0.2, 0) is 17.8 Å². The molecule has 6 nitrogen and oxygen atoms in total. The van der Waals surface area contributed by atoms with Crippen molar-refractivity contribution in [3.8, 4) is 0 Å². The Bertz CT molecular complexity index is 672. The number of likely N-dealkylation sites (N-methyl/N-ethyl adjacent to an activating group) is 1. The molecule has 7 heteroatoms. The first kappa shape index (κ1) is 19.3. The summed E-state index contributed by atoms with van der Waals surface area (Å²) < 4.78 is 0. The van der Waals surface area contributed by atoms with Crippen LogP contribution in [0, 0.1) is 11.8 Å². The summed E-state index contributed by atoms with van der Waals surface area (Å²) in [6, 6.07) is 0.0544. The monoisotopic (exact) mass is 378 g/mol. The Hall–Kier alpha value is -1.47. The van der Waals surface area contributed by atoms with Crippen molar-refractivity contribution in [2.75, 3.05) is 27.7 Å². The van der Waals surface area contributed by atoms with Crippen molar-refractivity contribution in [2.24, 2.45) is 11.8 Å². The van der Waals surface area contributed by atoms with E-state index in [-0.39, 0.29) is 23.8 Å². The second-order valence-corrected chi connectivity index (χ2v) is 8.95. The van der Waals surface area contributed by atoms with Crippen molar-refractivity contribution in [3.63, 3.8) is 0 Å². The van der Waals surface area contributed by atoms with Gasteiger partial charge < -0.3 is 15.1 Å². The van der Waals surface area contributed by atoms with E-state index in [1.165, 1.54) is 16.2 Å². The summed E-state index contributed by atoms with van der Waals surface area (Å²) in [5.74, 6) is 0.544. The Morgan fingerprint density at radius 2 is 2.12 bits per heavy atom. The summed E-state index contributed by atoms with van der Waals surface area (Å²) in [6.45, 7) is 4.03. The van der Waals surface area contributed by atoms with Gasteiger partial charge in [0.05, 0.1) is 5.69 Å². The molecule has 3 rings (SSSR count). The predicted octanol–water partition coefficient (Wildman–Crippen LogP) is 2.14. The number of nitrogens with one attached hydrogen (secondary N) is 1. The highest BCUT2D eigenvalue weighted by atomic mass is 32.1. The molecule has 2 amide bonds. The summed E-state index contributed by atoms with van der Waals surface area (Å²) in [5, 5.41) is 3.78. The summed E-state index contributed by atoms with van der Waals surface area (Å²) >= 11 is 1.52. The number of rotatable bonds is 4. The molecule has 1 saturated carbocycles. The van der Waals surface area contributed by atoms with E-state index in [0.717, 1.165) is 50.9 Å². The van der Waals surface area contributed by atoms with E-state index in [2.05, 4.69) is 29.2 Å². The molecule has 3 atom stereocenters. The molecule has 1 aromatic heterocycles. The van der Waals surface area contributed by atoms with E-state index in [0.29, 0.717) is 10.9 Å². The number of amides is 2. The predicted molar refractivity (Wildman–Crippen MR) is 103 cm³/mol. The van der Waals surface area contributed by atoms with Crippen molar-refractivity contribution in [1.29, 1.82) is 0 Å². The van der Waals surface area contributed by atoms with Crippen LogP contribution in [0.4, 0.5) is 0 Å². The minimum absolute atomic E-state index is 0.0104. The lowest BCUT2D eigenvalue weighted by molar-refractivity contribution is -0.134. The Labute approximate surface area is 160 Å². The molecule has 0 spiro atoms. The molecule has 0 saturated heterocycles. The van der Waals surface area contributed by atoms with Gasteiger partial charge in [0.2, 0.25) is 5.91 Å². The van der Waals surface area contributed by atoms with E-state index in [1.54, 1.807) is 19.0 Å². The van der Waals surface area contributed by atoms with Crippen molar-refractivity contribution >= 4 is 23.2 Å². The van der Waals surface area contributed by atoms with Crippen LogP contribution >= 0.6 is 11.3 Å². The number of carbonyl (C=O) groups is 2. The number of carbonyl (C=O) groups excluding carboxylic acids is 2. The number of aromatic nitrogens is 1. The van der Waals surface area contributed by atoms with Gasteiger partial charge in [0.15, 0.2) is 5.01 Å². The largest absolute Gasteiger partial charge is 0.349 e. The van der Waals surface area contributed by atoms with Gasteiger partial charge in [0.1, 0.15) is 0 Å². The van der Waals surface area contributed by atoms with Gasteiger partial charge in [-0.05, 0) is 32.2 Å². The standard InChI is InChI=1S/C19H30N4O2S/c1-5-12-6-7-13(19(25)22(2)3)10-15(12)20-17(24)18-21-14-8-9-23(4)11-16(14)26-18/h12-13,15H,5-11H2,1-4H3,(H,20,24)/t12-,13-,15+/m0/s1. The molecule has 0 aromatic carbocycles. The second-order valence-electron chi connectivity index (χ2n) is 7.87. The maximum atomic E-state index is 12.8. The van der Waals surface area contributed by atoms with Gasteiger partial charge in [-0.3, -0.25) is 9.59 Å². The minimum atomic E-state index is -0.0755. The topological polar surface area (TPSA) is 65.5 Å². The van der Waals surface area contributed by atoms with Gasteiger partial charge in [0, 0.05) is 50.4 Å². The van der Waals surface area contributed by atoms with Crippen LogP contribution in [0.3, 0.4) is 0 Å². The zero-order valence-corrected chi connectivity index (χ0v) is 17.1. The number of nitrogens with zero attached hydrogens (tertiary/aromatic N) is 3. The van der Waals surface area contributed by atoms with E-state index < -0.39 is 0 Å². The van der Waals surface area contributed by atoms with Crippen LogP contribution in [0.2, 0.25) is 0 Å². The van der Waals surface area contributed by atoms with Gasteiger partial charge >= 0.3 is 0 Å². The Kier molecular flexibility index (Phi) is 5.97. The first-order valence-corrected chi connectivity index (χ1v) is 10.4. The van der Waals surface area contributed by atoms with Gasteiger partial charge in [-0.1, -0.05) is 13.3 Å². The number of thiazole rings is 1. The third kappa shape index (κ3) is 4.09. The van der Waals surface area contributed by atoms with Gasteiger partial charge in [-0.25, -0.2) is 4.98 Å². The number of hydrogen-bond acceptors (Lipinski definition) is 5. The highest BCUT2D eigenvalue weighted by molar-refractivity contribution is 7.13. The molecule has 1 N–H and O–H groups in total. The molecule has 2 heterocycles. The molecule has 1 aliphatic heterocycles. The van der Waals surface area contributed by atoms with Crippen LogP contribution in [0.1, 0.15) is 53.0 Å². The second kappa shape index (κ2) is 8.05. The molecule has 0 unspecified atom stereocenters. The highest BCUT2D eigenvalue weighted by Crippen LogP contribution is 2.32. The van der Waals surface area contributed by atoms with Crippen molar-refractivity contribution in [1.82, 2.24) is 20.1 Å². The van der Waals surface area contributed by atoms with Crippen LogP contribution in [0.15, 0.2) is 0 Å². The van der Waals surface area contributed by atoms with Crippen molar-refractivity contribution in [2.45, 2.75) is 51.6 Å². The molecule has 1 aliphatic carbocycles. The maximum Gasteiger partial charge on any atom is 0.280 e. The molecule has 1 aromatic rings. The lowest BCUT2D eigenvalue weighted by Crippen LogP contribution is -2.46. The van der Waals surface area contributed by atoms with Gasteiger partial charge in [-0.15, -0.1) is 11.3 Å². The molecule has 1 fully saturated rings. The fourth-order valence-electron chi connectivity index (χ4n) is 4.14. The first-order chi connectivity index (χ1) is 12.4. The first-order valence-electron chi connectivity index (χ1n) is 9.58. The molecule has 0 bridgehead atoms. The minimum Gasteiger partial charge on any atom is -0.349 e. The van der Waals surface area contributed by atoms with E-state index in [1.807, 2.05) is 0 Å². The SMILES string of the molecule is CC[C@H]1CC[C@H](C(=O)N(C)C)C[C@H]1NC(=O)c1nc2c(s1)CN(C)CC2. The van der Waals surface area contributed by atoms with Crippen molar-refractivity contribution in [3.05, 3.63) is 15.6 Å². The van der Waals surface area contributed by atoms with Crippen LogP contribution < -0.4 is 5.32 Å². The fraction of sp³-hybridized carbons (Fsp3) is 0.737. The zero-order valence-electron chi connectivity index (χ0n) is 16.2. The quantitative estimate of drug-likeness (QED) is 0.872. The molecule has 26 heavy (non-hydrogen) atoms. The van der Waals surface area contributed by atoms with Gasteiger partial charge in [-0.2, -0.15) is 0 Å². The summed E-state index contributed by atoms with van der Waals surface area (Å²) in [4.78, 5) is 34.9. The number of fused-ring (bicyclic) bond motifs is 1. The molecule has 0 radical (unpaired) electrons. The Morgan fingerprint density at radius 1 is 1.35 bits per heavy atom. The fourth-order valence-corrected chi connectivity index (χ4v) is 5.23. The normalized spacial score (nSPS) is 26.2. The summed E-state index contributed by atoms with van der Waals surface area (Å²) in [6.07, 6.45) is 4.57. The third-order valence-corrected chi connectivity index (χ3v) is 6.82. The van der Waals surface area contributed by atoms with E-state index >= 15 is 0 Å². The van der Waals surface area contributed by atoms with Crippen LogP contribution in [0.25, 0.3) is 0 Å². The smallest absolute Gasteiger partial charge is 0.280 e. The Balaban J connectivity index is 1.69. The average molecular weight is 379 g/mol. The maximum absolute atomic E-state index is 12.8.